The molecule has 0 unspecified atom stereocenters. The zero-order valence-corrected chi connectivity index (χ0v) is 13.4. The molecule has 3 rings (SSSR count). The van der Waals surface area contributed by atoms with Crippen molar-refractivity contribution in [3.05, 3.63) is 30.1 Å². The summed E-state index contributed by atoms with van der Waals surface area (Å²) in [4.78, 5) is 12.9. The van der Waals surface area contributed by atoms with Crippen LogP contribution in [0.2, 0.25) is 0 Å². The van der Waals surface area contributed by atoms with Crippen molar-refractivity contribution >= 4 is 44.0 Å². The first kappa shape index (κ1) is 14.5. The Morgan fingerprint density at radius 3 is 2.86 bits per heavy atom. The summed E-state index contributed by atoms with van der Waals surface area (Å²) in [6, 6.07) is 6.19. The molecular weight excluding hydrogens is 296 g/mol. The lowest BCUT2D eigenvalue weighted by Gasteiger charge is -2.10. The summed E-state index contributed by atoms with van der Waals surface area (Å²) < 4.78 is 1.14. The third-order valence-electron chi connectivity index (χ3n) is 3.20. The summed E-state index contributed by atoms with van der Waals surface area (Å²) in [5.74, 6) is 1.22. The molecule has 0 fully saturated rings. The van der Waals surface area contributed by atoms with Crippen LogP contribution in [-0.4, -0.2) is 21.5 Å². The van der Waals surface area contributed by atoms with Gasteiger partial charge in [0, 0.05) is 6.54 Å². The molecule has 114 valence electrons. The second-order valence-electron chi connectivity index (χ2n) is 5.03. The van der Waals surface area contributed by atoms with E-state index >= 15 is 0 Å². The summed E-state index contributed by atoms with van der Waals surface area (Å²) in [5.41, 5.74) is 8.81. The minimum atomic E-state index is 0.506. The average molecular weight is 314 g/mol. The molecule has 0 saturated heterocycles. The van der Waals surface area contributed by atoms with Crippen molar-refractivity contribution in [2.45, 2.75) is 20.3 Å². The van der Waals surface area contributed by atoms with Gasteiger partial charge in [-0.3, -0.25) is 0 Å². The molecule has 6 nitrogen and oxygen atoms in total. The topological polar surface area (TPSA) is 88.8 Å². The number of nitrogen functional groups attached to an aromatic ring is 1. The van der Waals surface area contributed by atoms with Gasteiger partial charge < -0.3 is 16.4 Å². The number of nitrogens with two attached hydrogens (primary N) is 1. The molecule has 0 atom stereocenters. The molecule has 7 heteroatoms. The number of rotatable bonds is 5. The number of anilines is 4. The molecule has 0 spiro atoms. The van der Waals surface area contributed by atoms with Gasteiger partial charge in [0.1, 0.15) is 12.0 Å². The van der Waals surface area contributed by atoms with Crippen LogP contribution in [-0.2, 0) is 0 Å². The van der Waals surface area contributed by atoms with Crippen molar-refractivity contribution in [3.8, 4) is 0 Å². The molecule has 0 aliphatic carbocycles. The number of fused-ring (bicyclic) bond motifs is 1. The van der Waals surface area contributed by atoms with Gasteiger partial charge in [0.2, 0.25) is 0 Å². The van der Waals surface area contributed by atoms with Crippen LogP contribution in [0.4, 0.5) is 22.5 Å². The Balaban J connectivity index is 1.88. The summed E-state index contributed by atoms with van der Waals surface area (Å²) in [7, 11) is 0. The molecule has 0 amide bonds. The third-order valence-corrected chi connectivity index (χ3v) is 4.13. The van der Waals surface area contributed by atoms with E-state index in [4.69, 9.17) is 5.73 Å². The maximum absolute atomic E-state index is 6.12. The zero-order chi connectivity index (χ0) is 15.5. The normalized spacial score (nSPS) is 10.8. The van der Waals surface area contributed by atoms with Crippen LogP contribution < -0.4 is 16.4 Å². The van der Waals surface area contributed by atoms with Crippen molar-refractivity contribution in [2.75, 3.05) is 22.9 Å². The standard InChI is InChI=1S/C15H18N6S/c1-3-6-17-13-12(16)14(19-8-18-13)21-15-20-10-5-4-9(2)7-11(10)22-15/h4-5,7-8H,3,6,16H2,1-2H3,(H2,17,18,19,20,21). The number of nitrogens with one attached hydrogen (secondary N) is 2. The lowest BCUT2D eigenvalue weighted by molar-refractivity contribution is 0.966. The number of aryl methyl sites for hydroxylation is 1. The van der Waals surface area contributed by atoms with Gasteiger partial charge >= 0.3 is 0 Å². The van der Waals surface area contributed by atoms with Crippen molar-refractivity contribution < 1.29 is 0 Å². The molecule has 3 aromatic rings. The van der Waals surface area contributed by atoms with E-state index in [2.05, 4.69) is 51.6 Å². The molecule has 0 bridgehead atoms. The van der Waals surface area contributed by atoms with Crippen LogP contribution in [0.3, 0.4) is 0 Å². The lowest BCUT2D eigenvalue weighted by atomic mass is 10.2. The molecule has 0 saturated carbocycles. The van der Waals surface area contributed by atoms with E-state index in [1.165, 1.54) is 11.9 Å². The molecule has 1 aromatic carbocycles. The summed E-state index contributed by atoms with van der Waals surface area (Å²) >= 11 is 1.58. The Morgan fingerprint density at radius 1 is 1.23 bits per heavy atom. The van der Waals surface area contributed by atoms with Crippen LogP contribution in [0.25, 0.3) is 10.2 Å². The summed E-state index contributed by atoms with van der Waals surface area (Å²) in [6.45, 7) is 4.98. The number of benzene rings is 1. The molecule has 2 aromatic heterocycles. The van der Waals surface area contributed by atoms with Crippen molar-refractivity contribution in [2.24, 2.45) is 0 Å². The number of hydrogen-bond donors (Lipinski definition) is 3. The predicted molar refractivity (Wildman–Crippen MR) is 92.9 cm³/mol. The van der Waals surface area contributed by atoms with Gasteiger partial charge in [0.05, 0.1) is 10.2 Å². The van der Waals surface area contributed by atoms with E-state index in [1.807, 2.05) is 6.07 Å². The molecule has 22 heavy (non-hydrogen) atoms. The first-order chi connectivity index (χ1) is 10.7. The maximum atomic E-state index is 6.12. The first-order valence-electron chi connectivity index (χ1n) is 7.16. The highest BCUT2D eigenvalue weighted by Crippen LogP contribution is 2.31. The van der Waals surface area contributed by atoms with Gasteiger partial charge in [-0.25, -0.2) is 15.0 Å². The van der Waals surface area contributed by atoms with E-state index in [0.29, 0.717) is 17.3 Å². The lowest BCUT2D eigenvalue weighted by Crippen LogP contribution is -2.08. The number of hydrogen-bond acceptors (Lipinski definition) is 7. The largest absolute Gasteiger partial charge is 0.393 e. The quantitative estimate of drug-likeness (QED) is 0.667. The van der Waals surface area contributed by atoms with E-state index < -0.39 is 0 Å². The molecular formula is C15H18N6S. The Hall–Kier alpha value is -2.41. The monoisotopic (exact) mass is 314 g/mol. The van der Waals surface area contributed by atoms with Crippen molar-refractivity contribution in [1.29, 1.82) is 0 Å². The fraction of sp³-hybridized carbons (Fsp3) is 0.267. The van der Waals surface area contributed by atoms with E-state index in [1.54, 1.807) is 11.3 Å². The third kappa shape index (κ3) is 2.94. The van der Waals surface area contributed by atoms with Crippen molar-refractivity contribution in [3.63, 3.8) is 0 Å². The zero-order valence-electron chi connectivity index (χ0n) is 12.6. The average Bonchev–Trinajstić information content (AvgIpc) is 2.89. The van der Waals surface area contributed by atoms with E-state index in [-0.39, 0.29) is 0 Å². The van der Waals surface area contributed by atoms with Gasteiger partial charge in [0.25, 0.3) is 0 Å². The van der Waals surface area contributed by atoms with Gasteiger partial charge in [-0.15, -0.1) is 0 Å². The maximum Gasteiger partial charge on any atom is 0.189 e. The van der Waals surface area contributed by atoms with Gasteiger partial charge in [-0.05, 0) is 31.0 Å². The molecule has 4 N–H and O–H groups in total. The second-order valence-corrected chi connectivity index (χ2v) is 6.06. The first-order valence-corrected chi connectivity index (χ1v) is 7.97. The van der Waals surface area contributed by atoms with E-state index in [0.717, 1.165) is 28.3 Å². The number of aromatic nitrogens is 3. The fourth-order valence-corrected chi connectivity index (χ4v) is 3.03. The van der Waals surface area contributed by atoms with Crippen LogP contribution in [0.1, 0.15) is 18.9 Å². The Labute approximate surface area is 132 Å². The number of thiazole rings is 1. The Bertz CT molecular complexity index is 798. The Kier molecular flexibility index (Phi) is 4.06. The Morgan fingerprint density at radius 2 is 2.05 bits per heavy atom. The highest BCUT2D eigenvalue weighted by molar-refractivity contribution is 7.22. The van der Waals surface area contributed by atoms with Crippen LogP contribution in [0.5, 0.6) is 0 Å². The molecule has 0 aliphatic heterocycles. The minimum absolute atomic E-state index is 0.506. The molecule has 0 aliphatic rings. The summed E-state index contributed by atoms with van der Waals surface area (Å²) in [6.07, 6.45) is 2.50. The molecule has 2 heterocycles. The SMILES string of the molecule is CCCNc1ncnc(Nc2nc3ccc(C)cc3s2)c1N. The fourth-order valence-electron chi connectivity index (χ4n) is 2.07. The highest BCUT2D eigenvalue weighted by atomic mass is 32.1. The van der Waals surface area contributed by atoms with E-state index in [9.17, 15) is 0 Å². The van der Waals surface area contributed by atoms with Gasteiger partial charge in [0.15, 0.2) is 16.8 Å². The van der Waals surface area contributed by atoms with Gasteiger partial charge in [-0.2, -0.15) is 0 Å². The summed E-state index contributed by atoms with van der Waals surface area (Å²) in [5, 5.41) is 7.15. The highest BCUT2D eigenvalue weighted by Gasteiger charge is 2.10. The van der Waals surface area contributed by atoms with Crippen molar-refractivity contribution in [1.82, 2.24) is 15.0 Å². The smallest absolute Gasteiger partial charge is 0.189 e. The second kappa shape index (κ2) is 6.15. The van der Waals surface area contributed by atoms with Crippen LogP contribution >= 0.6 is 11.3 Å². The number of nitrogens with zero attached hydrogens (tertiary/aromatic N) is 3. The van der Waals surface area contributed by atoms with Crippen LogP contribution in [0, 0.1) is 6.92 Å². The van der Waals surface area contributed by atoms with Gasteiger partial charge in [-0.1, -0.05) is 24.3 Å². The van der Waals surface area contributed by atoms with Crippen LogP contribution in [0.15, 0.2) is 24.5 Å². The predicted octanol–water partition coefficient (Wildman–Crippen LogP) is 3.54. The molecule has 0 radical (unpaired) electrons. The minimum Gasteiger partial charge on any atom is -0.393 e.